The Kier molecular flexibility index (Phi) is 4.44. The monoisotopic (exact) mass is 321 g/mol. The Morgan fingerprint density at radius 2 is 1.89 bits per heavy atom. The third-order valence-corrected chi connectivity index (χ3v) is 4.07. The molecule has 0 saturated carbocycles. The maximum absolute atomic E-state index is 11.3. The minimum atomic E-state index is -0.391. The first-order chi connectivity index (χ1) is 8.66. The van der Waals surface area contributed by atoms with Gasteiger partial charge in [0.25, 0.3) is 0 Å². The fraction of sp³-hybridized carbons (Fsp3) is 0.0714. The van der Waals surface area contributed by atoms with E-state index in [9.17, 15) is 4.79 Å². The Labute approximate surface area is 119 Å². The summed E-state index contributed by atoms with van der Waals surface area (Å²) < 4.78 is 0.947. The molecule has 2 N–H and O–H groups in total. The van der Waals surface area contributed by atoms with E-state index >= 15 is 0 Å². The number of hydrogen-bond acceptors (Lipinski definition) is 2. The largest absolute Gasteiger partial charge is 0.366 e. The number of amides is 1. The number of carbonyl (C=O) groups is 1. The van der Waals surface area contributed by atoms with Crippen LogP contribution in [-0.4, -0.2) is 5.91 Å². The highest BCUT2D eigenvalue weighted by molar-refractivity contribution is 9.10. The van der Waals surface area contributed by atoms with Crippen LogP contribution in [0.1, 0.15) is 15.9 Å². The van der Waals surface area contributed by atoms with Gasteiger partial charge in [-0.15, -0.1) is 11.8 Å². The van der Waals surface area contributed by atoms with Gasteiger partial charge >= 0.3 is 0 Å². The van der Waals surface area contributed by atoms with Crippen LogP contribution in [0.2, 0.25) is 0 Å². The predicted octanol–water partition coefficient (Wildman–Crippen LogP) is 3.84. The molecule has 0 fully saturated rings. The summed E-state index contributed by atoms with van der Waals surface area (Å²) in [6, 6.07) is 15.6. The first kappa shape index (κ1) is 13.2. The lowest BCUT2D eigenvalue weighted by Crippen LogP contribution is -2.12. The van der Waals surface area contributed by atoms with Gasteiger partial charge < -0.3 is 5.73 Å². The van der Waals surface area contributed by atoms with Crippen molar-refractivity contribution in [3.8, 4) is 0 Å². The van der Waals surface area contributed by atoms with Crippen LogP contribution >= 0.6 is 27.7 Å². The number of hydrogen-bond donors (Lipinski definition) is 1. The quantitative estimate of drug-likeness (QED) is 0.869. The van der Waals surface area contributed by atoms with Crippen molar-refractivity contribution in [3.63, 3.8) is 0 Å². The van der Waals surface area contributed by atoms with Gasteiger partial charge in [-0.3, -0.25) is 4.79 Å². The highest BCUT2D eigenvalue weighted by atomic mass is 79.9. The van der Waals surface area contributed by atoms with E-state index in [0.717, 1.165) is 15.1 Å². The van der Waals surface area contributed by atoms with E-state index in [0.29, 0.717) is 5.56 Å². The highest BCUT2D eigenvalue weighted by Gasteiger charge is 2.09. The molecule has 2 nitrogen and oxygen atoms in total. The van der Waals surface area contributed by atoms with E-state index in [1.165, 1.54) is 5.56 Å². The highest BCUT2D eigenvalue weighted by Crippen LogP contribution is 2.29. The summed E-state index contributed by atoms with van der Waals surface area (Å²) in [5.74, 6) is 0.426. The third kappa shape index (κ3) is 3.37. The molecule has 0 radical (unpaired) electrons. The van der Waals surface area contributed by atoms with Crippen LogP contribution in [-0.2, 0) is 5.75 Å². The summed E-state index contributed by atoms with van der Waals surface area (Å²) in [5, 5.41) is 0. The molecule has 0 unspecified atom stereocenters. The molecule has 0 bridgehead atoms. The van der Waals surface area contributed by atoms with Gasteiger partial charge in [0, 0.05) is 15.1 Å². The second kappa shape index (κ2) is 6.07. The lowest BCUT2D eigenvalue weighted by Gasteiger charge is -2.07. The SMILES string of the molecule is NC(=O)c1ccc(Br)cc1SCc1ccccc1. The van der Waals surface area contributed by atoms with Gasteiger partial charge in [-0.05, 0) is 23.8 Å². The van der Waals surface area contributed by atoms with E-state index in [1.54, 1.807) is 17.8 Å². The van der Waals surface area contributed by atoms with Crippen LogP contribution in [0.4, 0.5) is 0 Å². The van der Waals surface area contributed by atoms with Crippen LogP contribution in [0.5, 0.6) is 0 Å². The molecular formula is C14H12BrNOS. The van der Waals surface area contributed by atoms with Crippen LogP contribution < -0.4 is 5.73 Å². The molecule has 0 heterocycles. The molecule has 2 aromatic rings. The third-order valence-electron chi connectivity index (χ3n) is 2.45. The van der Waals surface area contributed by atoms with Gasteiger partial charge in [-0.25, -0.2) is 0 Å². The lowest BCUT2D eigenvalue weighted by atomic mass is 10.2. The van der Waals surface area contributed by atoms with Crippen molar-refractivity contribution < 1.29 is 4.79 Å². The molecule has 2 rings (SSSR count). The topological polar surface area (TPSA) is 43.1 Å². The standard InChI is InChI=1S/C14H12BrNOS/c15-11-6-7-12(14(16)17)13(8-11)18-9-10-4-2-1-3-5-10/h1-8H,9H2,(H2,16,17). The molecule has 2 aromatic carbocycles. The van der Waals surface area contributed by atoms with Crippen molar-refractivity contribution in [2.24, 2.45) is 5.73 Å². The smallest absolute Gasteiger partial charge is 0.249 e. The number of nitrogens with two attached hydrogens (primary N) is 1. The van der Waals surface area contributed by atoms with Crippen molar-refractivity contribution in [2.45, 2.75) is 10.6 Å². The maximum atomic E-state index is 11.3. The molecule has 0 spiro atoms. The van der Waals surface area contributed by atoms with E-state index in [1.807, 2.05) is 30.3 Å². The number of halogens is 1. The molecule has 0 aromatic heterocycles. The second-order valence-electron chi connectivity index (χ2n) is 3.78. The zero-order valence-electron chi connectivity index (χ0n) is 9.60. The fourth-order valence-corrected chi connectivity index (χ4v) is 3.12. The van der Waals surface area contributed by atoms with Gasteiger partial charge in [-0.1, -0.05) is 46.3 Å². The Bertz CT molecular complexity index is 557. The van der Waals surface area contributed by atoms with Gasteiger partial charge in [0.05, 0.1) is 5.56 Å². The summed E-state index contributed by atoms with van der Waals surface area (Å²) in [7, 11) is 0. The second-order valence-corrected chi connectivity index (χ2v) is 5.71. The maximum Gasteiger partial charge on any atom is 0.249 e. The molecule has 0 aliphatic carbocycles. The summed E-state index contributed by atoms with van der Waals surface area (Å²) in [6.45, 7) is 0. The van der Waals surface area contributed by atoms with Gasteiger partial charge in [0.1, 0.15) is 0 Å². The average Bonchev–Trinajstić information content (AvgIpc) is 2.37. The Morgan fingerprint density at radius 3 is 2.56 bits per heavy atom. The van der Waals surface area contributed by atoms with Crippen LogP contribution in [0.25, 0.3) is 0 Å². The van der Waals surface area contributed by atoms with E-state index in [-0.39, 0.29) is 0 Å². The zero-order chi connectivity index (χ0) is 13.0. The molecule has 92 valence electrons. The first-order valence-electron chi connectivity index (χ1n) is 5.43. The summed E-state index contributed by atoms with van der Waals surface area (Å²) in [5.41, 5.74) is 7.15. The number of benzene rings is 2. The molecular weight excluding hydrogens is 310 g/mol. The van der Waals surface area contributed by atoms with Gasteiger partial charge in [-0.2, -0.15) is 0 Å². The van der Waals surface area contributed by atoms with Crippen molar-refractivity contribution in [1.29, 1.82) is 0 Å². The van der Waals surface area contributed by atoms with Crippen LogP contribution in [0.15, 0.2) is 57.9 Å². The number of thioether (sulfide) groups is 1. The van der Waals surface area contributed by atoms with Crippen LogP contribution in [0.3, 0.4) is 0 Å². The Morgan fingerprint density at radius 1 is 1.17 bits per heavy atom. The van der Waals surface area contributed by atoms with Crippen molar-refractivity contribution in [3.05, 3.63) is 64.1 Å². The number of primary amides is 1. The Hall–Kier alpha value is -1.26. The number of carbonyl (C=O) groups excluding carboxylic acids is 1. The average molecular weight is 322 g/mol. The molecule has 0 aliphatic rings. The summed E-state index contributed by atoms with van der Waals surface area (Å²) >= 11 is 5.02. The molecule has 0 atom stereocenters. The fourth-order valence-electron chi connectivity index (χ4n) is 1.55. The molecule has 4 heteroatoms. The normalized spacial score (nSPS) is 10.3. The minimum absolute atomic E-state index is 0.391. The van der Waals surface area contributed by atoms with Crippen molar-refractivity contribution in [2.75, 3.05) is 0 Å². The molecule has 18 heavy (non-hydrogen) atoms. The van der Waals surface area contributed by atoms with Gasteiger partial charge in [0.15, 0.2) is 0 Å². The predicted molar refractivity (Wildman–Crippen MR) is 78.7 cm³/mol. The van der Waals surface area contributed by atoms with Gasteiger partial charge in [0.2, 0.25) is 5.91 Å². The molecule has 0 saturated heterocycles. The minimum Gasteiger partial charge on any atom is -0.366 e. The van der Waals surface area contributed by atoms with Crippen molar-refractivity contribution in [1.82, 2.24) is 0 Å². The lowest BCUT2D eigenvalue weighted by molar-refractivity contribution is 0.0997. The van der Waals surface area contributed by atoms with E-state index in [4.69, 9.17) is 5.73 Å². The molecule has 1 amide bonds. The van der Waals surface area contributed by atoms with E-state index in [2.05, 4.69) is 28.1 Å². The van der Waals surface area contributed by atoms with E-state index < -0.39 is 5.91 Å². The Balaban J connectivity index is 2.18. The summed E-state index contributed by atoms with van der Waals surface area (Å²) in [4.78, 5) is 12.2. The summed E-state index contributed by atoms with van der Waals surface area (Å²) in [6.07, 6.45) is 0. The first-order valence-corrected chi connectivity index (χ1v) is 7.21. The zero-order valence-corrected chi connectivity index (χ0v) is 12.0. The number of rotatable bonds is 4. The molecule has 0 aliphatic heterocycles. The van der Waals surface area contributed by atoms with Crippen molar-refractivity contribution >= 4 is 33.6 Å². The van der Waals surface area contributed by atoms with Crippen LogP contribution in [0, 0.1) is 0 Å².